The van der Waals surface area contributed by atoms with E-state index in [1.54, 1.807) is 0 Å². The van der Waals surface area contributed by atoms with Crippen molar-refractivity contribution in [2.45, 2.75) is 19.9 Å². The van der Waals surface area contributed by atoms with Gasteiger partial charge < -0.3 is 5.73 Å². The highest BCUT2D eigenvalue weighted by Crippen LogP contribution is 1.83. The molecule has 1 atom stereocenters. The summed E-state index contributed by atoms with van der Waals surface area (Å²) in [6, 6.07) is -0.643. The lowest BCUT2D eigenvalue weighted by molar-refractivity contribution is -0.127. The number of hydrazine groups is 1. The molecule has 0 saturated heterocycles. The Bertz CT molecular complexity index is 211. The molecule has 0 aliphatic heterocycles. The highest BCUT2D eigenvalue weighted by atomic mass is 16.2. The summed E-state index contributed by atoms with van der Waals surface area (Å²) in [6.07, 6.45) is 0. The van der Waals surface area contributed by atoms with Crippen molar-refractivity contribution < 1.29 is 9.59 Å². The van der Waals surface area contributed by atoms with Crippen molar-refractivity contribution in [2.24, 2.45) is 5.73 Å². The van der Waals surface area contributed by atoms with E-state index in [9.17, 15) is 9.59 Å². The van der Waals surface area contributed by atoms with Gasteiger partial charge in [0, 0.05) is 5.57 Å². The van der Waals surface area contributed by atoms with Crippen LogP contribution in [-0.2, 0) is 9.59 Å². The Morgan fingerprint density at radius 1 is 1.42 bits per heavy atom. The maximum Gasteiger partial charge on any atom is 0.264 e. The molecule has 5 heteroatoms. The van der Waals surface area contributed by atoms with Crippen LogP contribution in [-0.4, -0.2) is 17.9 Å². The molecule has 2 amide bonds. The third kappa shape index (κ3) is 3.72. The second-order valence-electron chi connectivity index (χ2n) is 2.51. The van der Waals surface area contributed by atoms with Gasteiger partial charge in [-0.25, -0.2) is 0 Å². The van der Waals surface area contributed by atoms with Crippen molar-refractivity contribution in [1.82, 2.24) is 10.9 Å². The van der Waals surface area contributed by atoms with Crippen molar-refractivity contribution >= 4 is 11.8 Å². The maximum atomic E-state index is 10.8. The molecule has 0 radical (unpaired) electrons. The predicted molar refractivity (Wildman–Crippen MR) is 44.7 cm³/mol. The van der Waals surface area contributed by atoms with Gasteiger partial charge >= 0.3 is 0 Å². The molecule has 4 N–H and O–H groups in total. The van der Waals surface area contributed by atoms with Gasteiger partial charge in [0.05, 0.1) is 6.04 Å². The number of hydrogen-bond donors (Lipinski definition) is 3. The summed E-state index contributed by atoms with van der Waals surface area (Å²) < 4.78 is 0. The molecule has 68 valence electrons. The van der Waals surface area contributed by atoms with E-state index in [0.717, 1.165) is 0 Å². The van der Waals surface area contributed by atoms with E-state index in [0.29, 0.717) is 5.57 Å². The van der Waals surface area contributed by atoms with Gasteiger partial charge in [-0.1, -0.05) is 6.58 Å². The van der Waals surface area contributed by atoms with Gasteiger partial charge in [-0.2, -0.15) is 0 Å². The molecule has 0 aliphatic carbocycles. The van der Waals surface area contributed by atoms with E-state index in [-0.39, 0.29) is 0 Å². The molecule has 0 unspecified atom stereocenters. The minimum Gasteiger partial charge on any atom is -0.320 e. The van der Waals surface area contributed by atoms with Crippen LogP contribution < -0.4 is 16.6 Å². The van der Waals surface area contributed by atoms with Gasteiger partial charge in [-0.15, -0.1) is 0 Å². The molecule has 12 heavy (non-hydrogen) atoms. The minimum absolute atomic E-state index is 0.319. The molecular weight excluding hydrogens is 158 g/mol. The Hall–Kier alpha value is -1.36. The van der Waals surface area contributed by atoms with Crippen LogP contribution in [0.1, 0.15) is 13.8 Å². The summed E-state index contributed by atoms with van der Waals surface area (Å²) in [6.45, 7) is 6.43. The summed E-state index contributed by atoms with van der Waals surface area (Å²) in [5.74, 6) is -0.867. The topological polar surface area (TPSA) is 84.2 Å². The first-order valence-corrected chi connectivity index (χ1v) is 3.46. The summed E-state index contributed by atoms with van der Waals surface area (Å²) in [5.41, 5.74) is 9.82. The predicted octanol–water partition coefficient (Wildman–Crippen LogP) is -0.943. The molecule has 0 saturated carbocycles. The zero-order valence-electron chi connectivity index (χ0n) is 7.18. The highest BCUT2D eigenvalue weighted by molar-refractivity contribution is 5.94. The second kappa shape index (κ2) is 4.50. The van der Waals surface area contributed by atoms with E-state index in [2.05, 4.69) is 17.4 Å². The Labute approximate surface area is 71.0 Å². The largest absolute Gasteiger partial charge is 0.320 e. The van der Waals surface area contributed by atoms with Crippen molar-refractivity contribution in [2.75, 3.05) is 0 Å². The number of carbonyl (C=O) groups is 2. The minimum atomic E-state index is -0.643. The molecule has 0 bridgehead atoms. The average Bonchev–Trinajstić information content (AvgIpc) is 1.98. The lowest BCUT2D eigenvalue weighted by Gasteiger charge is -2.08. The third-order valence-electron chi connectivity index (χ3n) is 1.10. The molecule has 0 fully saturated rings. The summed E-state index contributed by atoms with van der Waals surface area (Å²) >= 11 is 0. The first-order valence-electron chi connectivity index (χ1n) is 3.46. The van der Waals surface area contributed by atoms with E-state index in [1.165, 1.54) is 13.8 Å². The van der Waals surface area contributed by atoms with E-state index >= 15 is 0 Å². The molecule has 0 rings (SSSR count). The fraction of sp³-hybridized carbons (Fsp3) is 0.429. The van der Waals surface area contributed by atoms with Crippen LogP contribution >= 0.6 is 0 Å². The first kappa shape index (κ1) is 10.6. The molecule has 0 aromatic rings. The monoisotopic (exact) mass is 171 g/mol. The first-order chi connectivity index (χ1) is 5.45. The van der Waals surface area contributed by atoms with Crippen molar-refractivity contribution in [3.8, 4) is 0 Å². The smallest absolute Gasteiger partial charge is 0.264 e. The van der Waals surface area contributed by atoms with Crippen LogP contribution in [0.15, 0.2) is 12.2 Å². The lowest BCUT2D eigenvalue weighted by Crippen LogP contribution is -2.48. The van der Waals surface area contributed by atoms with Crippen LogP contribution in [0.5, 0.6) is 0 Å². The van der Waals surface area contributed by atoms with Gasteiger partial charge in [0.15, 0.2) is 0 Å². The summed E-state index contributed by atoms with van der Waals surface area (Å²) in [5, 5.41) is 0. The second-order valence-corrected chi connectivity index (χ2v) is 2.51. The standard InChI is InChI=1S/C7H13N3O2/c1-4(2)6(11)9-10-7(12)5(3)8/h5H,1,8H2,2-3H3,(H,9,11)(H,10,12)/t5-/m0/s1. The van der Waals surface area contributed by atoms with Gasteiger partial charge in [-0.3, -0.25) is 20.4 Å². The van der Waals surface area contributed by atoms with Crippen molar-refractivity contribution in [1.29, 1.82) is 0 Å². The maximum absolute atomic E-state index is 10.8. The van der Waals surface area contributed by atoms with Gasteiger partial charge in [0.1, 0.15) is 0 Å². The van der Waals surface area contributed by atoms with E-state index in [4.69, 9.17) is 5.73 Å². The normalized spacial score (nSPS) is 11.6. The van der Waals surface area contributed by atoms with Crippen LogP contribution in [0.2, 0.25) is 0 Å². The van der Waals surface area contributed by atoms with Crippen molar-refractivity contribution in [3.63, 3.8) is 0 Å². The van der Waals surface area contributed by atoms with Crippen LogP contribution in [0, 0.1) is 0 Å². The fourth-order valence-electron chi connectivity index (χ4n) is 0.339. The number of carbonyl (C=O) groups excluding carboxylic acids is 2. The highest BCUT2D eigenvalue weighted by Gasteiger charge is 2.07. The lowest BCUT2D eigenvalue weighted by atomic mass is 10.3. The Balaban J connectivity index is 3.77. The molecule has 0 spiro atoms. The molecule has 5 nitrogen and oxygen atoms in total. The Kier molecular flexibility index (Phi) is 3.99. The van der Waals surface area contributed by atoms with E-state index < -0.39 is 17.9 Å². The van der Waals surface area contributed by atoms with Gasteiger partial charge in [0.2, 0.25) is 0 Å². The van der Waals surface area contributed by atoms with E-state index in [1.807, 2.05) is 0 Å². The quantitative estimate of drug-likeness (QED) is 0.370. The van der Waals surface area contributed by atoms with Gasteiger partial charge in [-0.05, 0) is 13.8 Å². The SMILES string of the molecule is C=C(C)C(=O)NNC(=O)[C@H](C)N. The van der Waals surface area contributed by atoms with Crippen molar-refractivity contribution in [3.05, 3.63) is 12.2 Å². The van der Waals surface area contributed by atoms with Crippen LogP contribution in [0.3, 0.4) is 0 Å². The zero-order chi connectivity index (χ0) is 9.72. The summed E-state index contributed by atoms with van der Waals surface area (Å²) in [7, 11) is 0. The Morgan fingerprint density at radius 3 is 2.25 bits per heavy atom. The number of nitrogens with one attached hydrogen (secondary N) is 2. The van der Waals surface area contributed by atoms with Gasteiger partial charge in [0.25, 0.3) is 11.8 Å². The van der Waals surface area contributed by atoms with Crippen LogP contribution in [0.4, 0.5) is 0 Å². The number of hydrogen-bond acceptors (Lipinski definition) is 3. The number of rotatable bonds is 2. The molecule has 0 aliphatic rings. The molecular formula is C7H13N3O2. The average molecular weight is 171 g/mol. The summed E-state index contributed by atoms with van der Waals surface area (Å²) in [4.78, 5) is 21.6. The molecule has 0 heterocycles. The Morgan fingerprint density at radius 2 is 1.92 bits per heavy atom. The molecule has 0 aromatic heterocycles. The number of nitrogens with two attached hydrogens (primary N) is 1. The van der Waals surface area contributed by atoms with Crippen LogP contribution in [0.25, 0.3) is 0 Å². The molecule has 0 aromatic carbocycles. The third-order valence-corrected chi connectivity index (χ3v) is 1.10. The number of amides is 2. The fourth-order valence-corrected chi connectivity index (χ4v) is 0.339. The zero-order valence-corrected chi connectivity index (χ0v) is 7.18.